The van der Waals surface area contributed by atoms with Crippen LogP contribution in [0.5, 0.6) is 0 Å². The van der Waals surface area contributed by atoms with Crippen LogP contribution in [0.25, 0.3) is 0 Å². The summed E-state index contributed by atoms with van der Waals surface area (Å²) >= 11 is 0. The third-order valence-corrected chi connectivity index (χ3v) is 5.17. The summed E-state index contributed by atoms with van der Waals surface area (Å²) < 4.78 is 24.9. The van der Waals surface area contributed by atoms with E-state index in [2.05, 4.69) is 0 Å². The molecule has 0 saturated heterocycles. The van der Waals surface area contributed by atoms with Crippen LogP contribution in [0.15, 0.2) is 0 Å². The minimum Gasteiger partial charge on any atom is -0.346 e. The Kier molecular flexibility index (Phi) is 6.30. The standard InChI is InChI=1S/C16H36O4Si/c1-13(2,3)17-21(18-14(4,5)6,19-15(7,8)9)20-16(10,11)12/h1-12H3. The Hall–Kier alpha value is 0.0569. The lowest BCUT2D eigenvalue weighted by atomic mass is 10.2. The van der Waals surface area contributed by atoms with Gasteiger partial charge in [0.1, 0.15) is 0 Å². The van der Waals surface area contributed by atoms with E-state index in [4.69, 9.17) is 17.7 Å². The van der Waals surface area contributed by atoms with Gasteiger partial charge in [-0.15, -0.1) is 0 Å². The predicted molar refractivity (Wildman–Crippen MR) is 89.1 cm³/mol. The third kappa shape index (κ3) is 11.3. The zero-order valence-corrected chi connectivity index (χ0v) is 17.1. The summed E-state index contributed by atoms with van der Waals surface area (Å²) in [6.45, 7) is 23.8. The molecule has 0 fully saturated rings. The molecular formula is C16H36O4Si. The van der Waals surface area contributed by atoms with Crippen molar-refractivity contribution in [1.29, 1.82) is 0 Å². The van der Waals surface area contributed by atoms with Gasteiger partial charge in [-0.1, -0.05) is 0 Å². The van der Waals surface area contributed by atoms with E-state index in [0.29, 0.717) is 0 Å². The van der Waals surface area contributed by atoms with Crippen LogP contribution in [0.2, 0.25) is 0 Å². The van der Waals surface area contributed by atoms with Crippen LogP contribution in [0, 0.1) is 0 Å². The maximum absolute atomic E-state index is 6.23. The van der Waals surface area contributed by atoms with Crippen LogP contribution < -0.4 is 0 Å². The highest BCUT2D eigenvalue weighted by Gasteiger charge is 2.56. The SMILES string of the molecule is CC(C)(C)O[Si](OC(C)(C)C)(OC(C)(C)C)OC(C)(C)C. The molecule has 21 heavy (non-hydrogen) atoms. The second-order valence-corrected chi connectivity index (χ2v) is 11.2. The molecule has 0 bridgehead atoms. The van der Waals surface area contributed by atoms with E-state index in [1.807, 2.05) is 83.1 Å². The van der Waals surface area contributed by atoms with Crippen molar-refractivity contribution in [3.63, 3.8) is 0 Å². The van der Waals surface area contributed by atoms with Gasteiger partial charge in [0.25, 0.3) is 0 Å². The molecule has 0 saturated carbocycles. The third-order valence-electron chi connectivity index (χ3n) is 1.72. The molecule has 0 unspecified atom stereocenters. The summed E-state index contributed by atoms with van der Waals surface area (Å²) in [6.07, 6.45) is 0. The lowest BCUT2D eigenvalue weighted by Crippen LogP contribution is -2.61. The van der Waals surface area contributed by atoms with Gasteiger partial charge in [0.05, 0.1) is 22.4 Å². The summed E-state index contributed by atoms with van der Waals surface area (Å²) in [5.41, 5.74) is -1.69. The Morgan fingerprint density at radius 1 is 0.381 bits per heavy atom. The fourth-order valence-corrected chi connectivity index (χ4v) is 4.88. The van der Waals surface area contributed by atoms with Crippen molar-refractivity contribution in [2.45, 2.75) is 105 Å². The van der Waals surface area contributed by atoms with E-state index in [1.165, 1.54) is 0 Å². The summed E-state index contributed by atoms with van der Waals surface area (Å²) in [5, 5.41) is 0. The van der Waals surface area contributed by atoms with Crippen molar-refractivity contribution >= 4 is 9.05 Å². The molecule has 0 aromatic heterocycles. The van der Waals surface area contributed by atoms with Gasteiger partial charge >= 0.3 is 9.05 Å². The van der Waals surface area contributed by atoms with Crippen molar-refractivity contribution in [3.05, 3.63) is 0 Å². The van der Waals surface area contributed by atoms with E-state index in [9.17, 15) is 0 Å². The number of rotatable bonds is 4. The Morgan fingerprint density at radius 2 is 0.524 bits per heavy atom. The number of hydrogen-bond donors (Lipinski definition) is 0. The van der Waals surface area contributed by atoms with Crippen LogP contribution in [-0.4, -0.2) is 31.5 Å². The Balaban J connectivity index is 5.70. The van der Waals surface area contributed by atoms with E-state index in [0.717, 1.165) is 0 Å². The second-order valence-electron chi connectivity index (χ2n) is 9.36. The first-order valence-electron chi connectivity index (χ1n) is 7.63. The minimum atomic E-state index is -3.34. The monoisotopic (exact) mass is 320 g/mol. The van der Waals surface area contributed by atoms with Gasteiger partial charge < -0.3 is 17.7 Å². The predicted octanol–water partition coefficient (Wildman–Crippen LogP) is 4.68. The Morgan fingerprint density at radius 3 is 0.619 bits per heavy atom. The quantitative estimate of drug-likeness (QED) is 0.705. The van der Waals surface area contributed by atoms with Gasteiger partial charge in [-0.05, 0) is 83.1 Å². The van der Waals surface area contributed by atoms with Gasteiger partial charge in [-0.25, -0.2) is 0 Å². The lowest BCUT2D eigenvalue weighted by molar-refractivity contribution is -0.156. The zero-order valence-electron chi connectivity index (χ0n) is 16.1. The molecule has 0 rings (SSSR count). The minimum absolute atomic E-state index is 0.423. The van der Waals surface area contributed by atoms with E-state index >= 15 is 0 Å². The molecule has 0 radical (unpaired) electrons. The van der Waals surface area contributed by atoms with Gasteiger partial charge in [0.15, 0.2) is 0 Å². The summed E-state index contributed by atoms with van der Waals surface area (Å²) in [6, 6.07) is 0. The van der Waals surface area contributed by atoms with Crippen LogP contribution >= 0.6 is 0 Å². The fraction of sp³-hybridized carbons (Fsp3) is 1.00. The molecule has 0 heterocycles. The van der Waals surface area contributed by atoms with E-state index in [-0.39, 0.29) is 0 Å². The molecule has 0 amide bonds. The molecule has 5 heteroatoms. The van der Waals surface area contributed by atoms with Crippen molar-refractivity contribution < 1.29 is 17.7 Å². The molecule has 128 valence electrons. The molecule has 0 spiro atoms. The average molecular weight is 321 g/mol. The van der Waals surface area contributed by atoms with Crippen LogP contribution in [0.3, 0.4) is 0 Å². The molecule has 0 atom stereocenters. The second kappa shape index (κ2) is 6.28. The molecule has 0 aromatic carbocycles. The summed E-state index contributed by atoms with van der Waals surface area (Å²) in [4.78, 5) is 0. The van der Waals surface area contributed by atoms with Crippen molar-refractivity contribution in [1.82, 2.24) is 0 Å². The Bertz CT molecular complexity index is 257. The molecule has 0 aliphatic carbocycles. The average Bonchev–Trinajstić information content (AvgIpc) is 1.83. The largest absolute Gasteiger partial charge is 0.681 e. The number of hydrogen-bond acceptors (Lipinski definition) is 4. The first kappa shape index (κ1) is 21.1. The first-order chi connectivity index (χ1) is 8.83. The molecule has 0 aromatic rings. The molecule has 0 aliphatic heterocycles. The Labute approximate surface area is 133 Å². The zero-order chi connectivity index (χ0) is 17.3. The van der Waals surface area contributed by atoms with Crippen LogP contribution in [0.1, 0.15) is 83.1 Å². The van der Waals surface area contributed by atoms with E-state index < -0.39 is 31.5 Å². The summed E-state index contributed by atoms with van der Waals surface area (Å²) in [5.74, 6) is 0. The topological polar surface area (TPSA) is 36.9 Å². The molecule has 0 N–H and O–H groups in total. The van der Waals surface area contributed by atoms with Gasteiger partial charge in [0, 0.05) is 0 Å². The van der Waals surface area contributed by atoms with Crippen molar-refractivity contribution in [2.75, 3.05) is 0 Å². The lowest BCUT2D eigenvalue weighted by Gasteiger charge is -2.43. The highest BCUT2D eigenvalue weighted by Crippen LogP contribution is 2.32. The van der Waals surface area contributed by atoms with Gasteiger partial charge in [0.2, 0.25) is 0 Å². The van der Waals surface area contributed by atoms with Gasteiger partial charge in [-0.3, -0.25) is 0 Å². The normalized spacial score (nSPS) is 15.4. The smallest absolute Gasteiger partial charge is 0.346 e. The molecule has 0 aliphatic rings. The maximum Gasteiger partial charge on any atom is 0.681 e. The van der Waals surface area contributed by atoms with Gasteiger partial charge in [-0.2, -0.15) is 0 Å². The first-order valence-corrected chi connectivity index (χ1v) is 9.27. The molecular weight excluding hydrogens is 284 g/mol. The highest BCUT2D eigenvalue weighted by atomic mass is 28.4. The summed E-state index contributed by atoms with van der Waals surface area (Å²) in [7, 11) is -3.34. The van der Waals surface area contributed by atoms with E-state index in [1.54, 1.807) is 0 Å². The van der Waals surface area contributed by atoms with Crippen LogP contribution in [0.4, 0.5) is 0 Å². The van der Waals surface area contributed by atoms with Crippen molar-refractivity contribution in [2.24, 2.45) is 0 Å². The highest BCUT2D eigenvalue weighted by molar-refractivity contribution is 6.54. The van der Waals surface area contributed by atoms with Crippen LogP contribution in [-0.2, 0) is 17.7 Å². The maximum atomic E-state index is 6.23. The molecule has 4 nitrogen and oxygen atoms in total. The van der Waals surface area contributed by atoms with Crippen molar-refractivity contribution in [3.8, 4) is 0 Å². The fourth-order valence-electron chi connectivity index (χ4n) is 1.63.